The summed E-state index contributed by atoms with van der Waals surface area (Å²) in [5, 5.41) is 8.69. The van der Waals surface area contributed by atoms with Crippen molar-refractivity contribution < 1.29 is 9.90 Å². The van der Waals surface area contributed by atoms with Gasteiger partial charge in [0, 0.05) is 19.4 Å². The number of aromatic nitrogens is 1. The second-order valence-electron chi connectivity index (χ2n) is 4.51. The van der Waals surface area contributed by atoms with Crippen LogP contribution in [0.2, 0.25) is 0 Å². The van der Waals surface area contributed by atoms with Gasteiger partial charge in [0.1, 0.15) is 11.5 Å². The van der Waals surface area contributed by atoms with Gasteiger partial charge in [-0.15, -0.1) is 0 Å². The Balaban J connectivity index is 2.17. The third kappa shape index (κ3) is 3.80. The molecule has 1 saturated heterocycles. The fourth-order valence-corrected chi connectivity index (χ4v) is 2.08. The lowest BCUT2D eigenvalue weighted by Crippen LogP contribution is -2.30. The number of carbonyl (C=O) groups excluding carboxylic acids is 1. The Labute approximate surface area is 113 Å². The highest BCUT2D eigenvalue weighted by Crippen LogP contribution is 2.18. The maximum absolute atomic E-state index is 12.0. The van der Waals surface area contributed by atoms with E-state index in [1.807, 2.05) is 18.2 Å². The number of hydrogen-bond donors (Lipinski definition) is 1. The lowest BCUT2D eigenvalue weighted by molar-refractivity contribution is -0.118. The van der Waals surface area contributed by atoms with Gasteiger partial charge in [-0.05, 0) is 30.9 Å². The van der Waals surface area contributed by atoms with Gasteiger partial charge >= 0.3 is 0 Å². The topological polar surface area (TPSA) is 53.4 Å². The van der Waals surface area contributed by atoms with Crippen molar-refractivity contribution >= 4 is 11.7 Å². The first-order valence-electron chi connectivity index (χ1n) is 6.68. The largest absolute Gasteiger partial charge is 0.395 e. The Morgan fingerprint density at radius 2 is 2.21 bits per heavy atom. The summed E-state index contributed by atoms with van der Waals surface area (Å²) in [6, 6.07) is 5.53. The number of nitrogens with zero attached hydrogens (tertiary/aromatic N) is 2. The summed E-state index contributed by atoms with van der Waals surface area (Å²) in [6.45, 7) is 0.788. The third-order valence-corrected chi connectivity index (χ3v) is 3.04. The molecule has 0 aliphatic carbocycles. The zero-order valence-corrected chi connectivity index (χ0v) is 10.9. The van der Waals surface area contributed by atoms with E-state index in [1.165, 1.54) is 0 Å². The molecule has 0 bridgehead atoms. The van der Waals surface area contributed by atoms with Crippen LogP contribution in [0.5, 0.6) is 0 Å². The molecule has 4 nitrogen and oxygen atoms in total. The maximum Gasteiger partial charge on any atom is 0.228 e. The Morgan fingerprint density at radius 3 is 3.05 bits per heavy atom. The molecule has 0 saturated carbocycles. The first kappa shape index (κ1) is 13.6. The van der Waals surface area contributed by atoms with E-state index in [0.29, 0.717) is 24.4 Å². The number of pyridine rings is 1. The van der Waals surface area contributed by atoms with Gasteiger partial charge in [0.15, 0.2) is 0 Å². The Morgan fingerprint density at radius 1 is 1.32 bits per heavy atom. The molecule has 0 spiro atoms. The van der Waals surface area contributed by atoms with Crippen LogP contribution in [0.15, 0.2) is 18.2 Å². The van der Waals surface area contributed by atoms with Crippen LogP contribution in [0.1, 0.15) is 37.8 Å². The molecule has 1 aromatic heterocycles. The Kier molecular flexibility index (Phi) is 4.93. The van der Waals surface area contributed by atoms with E-state index in [4.69, 9.17) is 5.11 Å². The molecule has 0 unspecified atom stereocenters. The minimum atomic E-state index is 0.0529. The SMILES string of the molecule is O=C1CCCCCN1c1cccc(C#CCCO)n1. The molecule has 0 atom stereocenters. The van der Waals surface area contributed by atoms with Gasteiger partial charge in [0.25, 0.3) is 0 Å². The second kappa shape index (κ2) is 6.91. The number of rotatable bonds is 2. The summed E-state index contributed by atoms with van der Waals surface area (Å²) in [4.78, 5) is 18.2. The monoisotopic (exact) mass is 258 g/mol. The van der Waals surface area contributed by atoms with Gasteiger partial charge in [-0.3, -0.25) is 9.69 Å². The second-order valence-corrected chi connectivity index (χ2v) is 4.51. The van der Waals surface area contributed by atoms with Crippen LogP contribution in [-0.2, 0) is 4.79 Å². The van der Waals surface area contributed by atoms with Gasteiger partial charge in [0.2, 0.25) is 5.91 Å². The maximum atomic E-state index is 12.0. The molecular formula is C15H18N2O2. The third-order valence-electron chi connectivity index (χ3n) is 3.04. The lowest BCUT2D eigenvalue weighted by Gasteiger charge is -2.19. The van der Waals surface area contributed by atoms with Crippen molar-refractivity contribution in [1.29, 1.82) is 0 Å². The van der Waals surface area contributed by atoms with Gasteiger partial charge in [0.05, 0.1) is 6.61 Å². The Hall–Kier alpha value is -1.86. The standard InChI is InChI=1S/C15H18N2O2/c18-12-5-3-7-13-8-6-9-14(16-13)17-11-4-1-2-10-15(17)19/h6,8-9,18H,1-2,4-5,10-12H2. The minimum absolute atomic E-state index is 0.0529. The highest BCUT2D eigenvalue weighted by atomic mass is 16.2. The predicted octanol–water partition coefficient (Wildman–Crippen LogP) is 1.72. The van der Waals surface area contributed by atoms with Crippen LogP contribution in [0.4, 0.5) is 5.82 Å². The van der Waals surface area contributed by atoms with Crippen molar-refractivity contribution in [2.45, 2.75) is 32.1 Å². The molecule has 4 heteroatoms. The van der Waals surface area contributed by atoms with E-state index in [9.17, 15) is 4.79 Å². The number of aliphatic hydroxyl groups is 1. The Bertz CT molecular complexity index is 502. The van der Waals surface area contributed by atoms with Crippen molar-refractivity contribution in [3.8, 4) is 11.8 Å². The molecule has 19 heavy (non-hydrogen) atoms. The number of amides is 1. The number of anilines is 1. The molecule has 0 aromatic carbocycles. The normalized spacial score (nSPS) is 15.6. The first-order valence-corrected chi connectivity index (χ1v) is 6.68. The summed E-state index contributed by atoms with van der Waals surface area (Å²) in [5.41, 5.74) is 0.642. The zero-order valence-electron chi connectivity index (χ0n) is 10.9. The van der Waals surface area contributed by atoms with Crippen LogP contribution < -0.4 is 4.90 Å². The smallest absolute Gasteiger partial charge is 0.228 e. The molecule has 1 aliphatic heterocycles. The molecular weight excluding hydrogens is 240 g/mol. The summed E-state index contributed by atoms with van der Waals surface area (Å²) < 4.78 is 0. The van der Waals surface area contributed by atoms with E-state index in [-0.39, 0.29) is 12.5 Å². The van der Waals surface area contributed by atoms with Gasteiger partial charge in [-0.25, -0.2) is 4.98 Å². The van der Waals surface area contributed by atoms with Gasteiger partial charge in [-0.1, -0.05) is 18.4 Å². The van der Waals surface area contributed by atoms with Crippen LogP contribution in [0.25, 0.3) is 0 Å². The van der Waals surface area contributed by atoms with E-state index in [0.717, 1.165) is 25.8 Å². The van der Waals surface area contributed by atoms with Crippen molar-refractivity contribution in [1.82, 2.24) is 4.98 Å². The highest BCUT2D eigenvalue weighted by Gasteiger charge is 2.19. The van der Waals surface area contributed by atoms with Crippen molar-refractivity contribution in [2.75, 3.05) is 18.1 Å². The lowest BCUT2D eigenvalue weighted by atomic mass is 10.2. The van der Waals surface area contributed by atoms with Crippen molar-refractivity contribution in [3.05, 3.63) is 23.9 Å². The van der Waals surface area contributed by atoms with E-state index in [1.54, 1.807) is 4.90 Å². The molecule has 1 fully saturated rings. The predicted molar refractivity (Wildman–Crippen MR) is 73.6 cm³/mol. The van der Waals surface area contributed by atoms with Crippen LogP contribution in [0.3, 0.4) is 0 Å². The summed E-state index contributed by atoms with van der Waals surface area (Å²) >= 11 is 0. The van der Waals surface area contributed by atoms with Gasteiger partial charge < -0.3 is 5.11 Å². The molecule has 1 aromatic rings. The first-order chi connectivity index (χ1) is 9.31. The van der Waals surface area contributed by atoms with Crippen molar-refractivity contribution in [2.24, 2.45) is 0 Å². The van der Waals surface area contributed by atoms with E-state index >= 15 is 0 Å². The van der Waals surface area contributed by atoms with E-state index in [2.05, 4.69) is 16.8 Å². The molecule has 2 rings (SSSR count). The fourth-order valence-electron chi connectivity index (χ4n) is 2.08. The quantitative estimate of drug-likeness (QED) is 0.822. The van der Waals surface area contributed by atoms with Gasteiger partial charge in [-0.2, -0.15) is 0 Å². The van der Waals surface area contributed by atoms with E-state index < -0.39 is 0 Å². The molecule has 1 N–H and O–H groups in total. The molecule has 0 radical (unpaired) electrons. The number of hydrogen-bond acceptors (Lipinski definition) is 3. The average molecular weight is 258 g/mol. The molecule has 100 valence electrons. The summed E-state index contributed by atoms with van der Waals surface area (Å²) in [6.07, 6.45) is 4.12. The van der Waals surface area contributed by atoms with Crippen LogP contribution in [0, 0.1) is 11.8 Å². The number of carbonyl (C=O) groups is 1. The van der Waals surface area contributed by atoms with Crippen LogP contribution in [-0.4, -0.2) is 29.1 Å². The average Bonchev–Trinajstić information content (AvgIpc) is 2.64. The van der Waals surface area contributed by atoms with Crippen molar-refractivity contribution in [3.63, 3.8) is 0 Å². The molecule has 2 heterocycles. The molecule has 1 aliphatic rings. The minimum Gasteiger partial charge on any atom is -0.395 e. The zero-order chi connectivity index (χ0) is 13.5. The molecule has 1 amide bonds. The summed E-state index contributed by atoms with van der Waals surface area (Å²) in [5.74, 6) is 6.56. The van der Waals surface area contributed by atoms with Crippen LogP contribution >= 0.6 is 0 Å². The number of aliphatic hydroxyl groups excluding tert-OH is 1. The fraction of sp³-hybridized carbons (Fsp3) is 0.467. The highest BCUT2D eigenvalue weighted by molar-refractivity contribution is 5.92. The summed E-state index contributed by atoms with van der Waals surface area (Å²) in [7, 11) is 0.